The Balaban J connectivity index is 1.70. The van der Waals surface area contributed by atoms with Crippen LogP contribution in [0, 0.1) is 0 Å². The van der Waals surface area contributed by atoms with Crippen LogP contribution in [0.4, 0.5) is 0 Å². The van der Waals surface area contributed by atoms with Gasteiger partial charge in [0.15, 0.2) is 0 Å². The van der Waals surface area contributed by atoms with E-state index in [0.29, 0.717) is 6.04 Å². The fourth-order valence-electron chi connectivity index (χ4n) is 4.02. The first-order valence-electron chi connectivity index (χ1n) is 9.88. The van der Waals surface area contributed by atoms with Crippen LogP contribution in [0.5, 0.6) is 0 Å². The summed E-state index contributed by atoms with van der Waals surface area (Å²) in [7, 11) is 3.73. The van der Waals surface area contributed by atoms with Crippen LogP contribution in [0.15, 0.2) is 54.6 Å². The SMILES string of the molecule is CC(NSI)[C@@H](OSN(C)C(C)C1(c2ccc(Cl)cc2)CCC1)c1ccccc1. The smallest absolute Gasteiger partial charge is 0.115 e. The lowest BCUT2D eigenvalue weighted by atomic mass is 9.60. The second-order valence-corrected chi connectivity index (χ2v) is 10.8. The summed E-state index contributed by atoms with van der Waals surface area (Å²) in [5.41, 5.74) is 2.73. The van der Waals surface area contributed by atoms with Gasteiger partial charge in [0.2, 0.25) is 0 Å². The van der Waals surface area contributed by atoms with Crippen LogP contribution >= 0.6 is 54.2 Å². The number of hydrogen-bond acceptors (Lipinski definition) is 5. The van der Waals surface area contributed by atoms with Crippen LogP contribution in [0.1, 0.15) is 50.3 Å². The van der Waals surface area contributed by atoms with Crippen molar-refractivity contribution in [2.45, 2.75) is 56.7 Å². The van der Waals surface area contributed by atoms with Gasteiger partial charge in [-0.05, 0) is 66.1 Å². The molecule has 0 spiro atoms. The summed E-state index contributed by atoms with van der Waals surface area (Å²) in [5.74, 6) is 0. The fraction of sp³-hybridized carbons (Fsp3) is 0.455. The van der Waals surface area contributed by atoms with Gasteiger partial charge in [-0.15, -0.1) is 0 Å². The van der Waals surface area contributed by atoms with Crippen LogP contribution < -0.4 is 4.72 Å². The maximum Gasteiger partial charge on any atom is 0.115 e. The van der Waals surface area contributed by atoms with Gasteiger partial charge in [-0.1, -0.05) is 60.5 Å². The number of nitrogens with one attached hydrogen (secondary N) is 1. The van der Waals surface area contributed by atoms with Gasteiger partial charge in [0.25, 0.3) is 0 Å². The third kappa shape index (κ3) is 5.64. The van der Waals surface area contributed by atoms with Gasteiger partial charge in [-0.25, -0.2) is 9.03 Å². The molecule has 0 bridgehead atoms. The molecule has 2 aromatic carbocycles. The fourth-order valence-corrected chi connectivity index (χ4v) is 6.45. The molecule has 1 aliphatic rings. The molecule has 0 heterocycles. The minimum atomic E-state index is -0.0361. The molecule has 29 heavy (non-hydrogen) atoms. The Morgan fingerprint density at radius 2 is 1.76 bits per heavy atom. The van der Waals surface area contributed by atoms with Gasteiger partial charge >= 0.3 is 0 Å². The lowest BCUT2D eigenvalue weighted by Gasteiger charge is -2.49. The Hall–Kier alpha value is 0.0400. The molecule has 3 atom stereocenters. The molecule has 158 valence electrons. The Bertz CT molecular complexity index is 761. The third-order valence-electron chi connectivity index (χ3n) is 6.09. The lowest BCUT2D eigenvalue weighted by molar-refractivity contribution is 0.131. The van der Waals surface area contributed by atoms with E-state index in [1.54, 1.807) is 9.12 Å². The maximum atomic E-state index is 6.39. The molecule has 1 saturated carbocycles. The molecule has 1 N–H and O–H groups in total. The van der Waals surface area contributed by atoms with Crippen LogP contribution in [-0.4, -0.2) is 23.4 Å². The van der Waals surface area contributed by atoms with Crippen LogP contribution in [0.25, 0.3) is 0 Å². The van der Waals surface area contributed by atoms with Crippen molar-refractivity contribution in [1.82, 2.24) is 9.03 Å². The summed E-state index contributed by atoms with van der Waals surface area (Å²) in [6, 6.07) is 19.4. The van der Waals surface area contributed by atoms with E-state index in [1.165, 1.54) is 42.6 Å². The number of hydrogen-bond donors (Lipinski definition) is 1. The van der Waals surface area contributed by atoms with Gasteiger partial charge in [-0.2, -0.15) is 0 Å². The minimum absolute atomic E-state index is 0.0361. The van der Waals surface area contributed by atoms with Crippen molar-refractivity contribution in [3.63, 3.8) is 0 Å². The van der Waals surface area contributed by atoms with Crippen molar-refractivity contribution in [2.75, 3.05) is 7.05 Å². The second kappa shape index (κ2) is 11.1. The van der Waals surface area contributed by atoms with E-state index >= 15 is 0 Å². The van der Waals surface area contributed by atoms with E-state index in [4.69, 9.17) is 15.8 Å². The predicted molar refractivity (Wildman–Crippen MR) is 136 cm³/mol. The van der Waals surface area contributed by atoms with Gasteiger partial charge in [-0.3, -0.25) is 4.18 Å². The second-order valence-electron chi connectivity index (χ2n) is 7.72. The standard InChI is InChI=1S/C22H28ClIN2OS2/c1-16(25-28-24)21(18-8-5-4-6-9-18)27-29-26(3)17(2)22(14-7-15-22)19-10-12-20(23)13-11-19/h4-6,8-13,16-17,21,25H,7,14-15H2,1-3H3/t16?,17?,21-/m1/s1. The Morgan fingerprint density at radius 1 is 1.10 bits per heavy atom. The first-order chi connectivity index (χ1) is 14.0. The molecule has 0 radical (unpaired) electrons. The van der Waals surface area contributed by atoms with E-state index in [-0.39, 0.29) is 17.6 Å². The summed E-state index contributed by atoms with van der Waals surface area (Å²) in [5, 5.41) is 0.794. The van der Waals surface area contributed by atoms with Crippen molar-refractivity contribution >= 4 is 54.2 Å². The molecule has 0 saturated heterocycles. The molecule has 0 aliphatic heterocycles. The number of benzene rings is 2. The van der Waals surface area contributed by atoms with Crippen molar-refractivity contribution in [2.24, 2.45) is 0 Å². The van der Waals surface area contributed by atoms with Crippen LogP contribution in [0.3, 0.4) is 0 Å². The molecular weight excluding hydrogens is 535 g/mol. The number of rotatable bonds is 10. The zero-order valence-electron chi connectivity index (χ0n) is 17.0. The predicted octanol–water partition coefficient (Wildman–Crippen LogP) is 7.38. The third-order valence-corrected chi connectivity index (χ3v) is 8.41. The monoisotopic (exact) mass is 562 g/mol. The Kier molecular flexibility index (Phi) is 9.04. The van der Waals surface area contributed by atoms with Crippen molar-refractivity contribution in [1.29, 1.82) is 0 Å². The Labute approximate surface area is 200 Å². The van der Waals surface area contributed by atoms with E-state index in [1.807, 2.05) is 18.2 Å². The minimum Gasteiger partial charge on any atom is -0.291 e. The first-order valence-corrected chi connectivity index (χ1v) is 14.3. The Morgan fingerprint density at radius 3 is 2.31 bits per heavy atom. The van der Waals surface area contributed by atoms with Gasteiger partial charge < -0.3 is 0 Å². The van der Waals surface area contributed by atoms with Crippen LogP contribution in [0.2, 0.25) is 5.02 Å². The lowest BCUT2D eigenvalue weighted by Crippen LogP contribution is -2.50. The van der Waals surface area contributed by atoms with E-state index < -0.39 is 0 Å². The van der Waals surface area contributed by atoms with Gasteiger partial charge in [0, 0.05) is 43.7 Å². The van der Waals surface area contributed by atoms with E-state index in [0.717, 1.165) is 5.02 Å². The summed E-state index contributed by atoms with van der Waals surface area (Å²) < 4.78 is 12.1. The molecule has 3 rings (SSSR count). The maximum absolute atomic E-state index is 6.39. The van der Waals surface area contributed by atoms with Crippen molar-refractivity contribution in [3.05, 3.63) is 70.7 Å². The summed E-state index contributed by atoms with van der Waals surface area (Å²) in [4.78, 5) is 0. The van der Waals surface area contributed by atoms with E-state index in [9.17, 15) is 0 Å². The highest BCUT2D eigenvalue weighted by atomic mass is 127. The van der Waals surface area contributed by atoms with Gasteiger partial charge in [0.1, 0.15) is 6.10 Å². The number of likely N-dealkylation sites (N-methyl/N-ethyl adjacent to an activating group) is 1. The van der Waals surface area contributed by atoms with Crippen LogP contribution in [-0.2, 0) is 9.60 Å². The molecule has 2 unspecified atom stereocenters. The van der Waals surface area contributed by atoms with E-state index in [2.05, 4.69) is 87.5 Å². The molecule has 1 aliphatic carbocycles. The number of halogens is 2. The molecule has 1 fully saturated rings. The normalized spacial score (nSPS) is 18.8. The zero-order chi connectivity index (χ0) is 20.9. The first kappa shape index (κ1) is 23.7. The number of nitrogens with zero attached hydrogens (tertiary/aromatic N) is 1. The van der Waals surface area contributed by atoms with Crippen molar-refractivity contribution < 1.29 is 4.18 Å². The largest absolute Gasteiger partial charge is 0.291 e. The highest BCUT2D eigenvalue weighted by Crippen LogP contribution is 2.49. The highest BCUT2D eigenvalue weighted by molar-refractivity contribution is 14.2. The quantitative estimate of drug-likeness (QED) is 0.185. The summed E-state index contributed by atoms with van der Waals surface area (Å²) in [6.07, 6.45) is 3.64. The summed E-state index contributed by atoms with van der Waals surface area (Å²) in [6.45, 7) is 4.47. The topological polar surface area (TPSA) is 24.5 Å². The molecule has 0 amide bonds. The average Bonchev–Trinajstić information content (AvgIpc) is 2.69. The molecular formula is C22H28ClIN2OS2. The molecule has 7 heteroatoms. The molecule has 2 aromatic rings. The molecule has 0 aromatic heterocycles. The molecule has 3 nitrogen and oxygen atoms in total. The highest BCUT2D eigenvalue weighted by Gasteiger charge is 2.45. The van der Waals surface area contributed by atoms with Gasteiger partial charge in [0.05, 0.1) is 12.2 Å². The summed E-state index contributed by atoms with van der Waals surface area (Å²) >= 11 is 9.85. The zero-order valence-corrected chi connectivity index (χ0v) is 21.5. The average molecular weight is 563 g/mol. The van der Waals surface area contributed by atoms with Crippen molar-refractivity contribution in [3.8, 4) is 0 Å².